The van der Waals surface area contributed by atoms with Crippen molar-refractivity contribution in [3.8, 4) is 0 Å². The molecule has 1 saturated heterocycles. The van der Waals surface area contributed by atoms with Crippen molar-refractivity contribution in [1.29, 1.82) is 0 Å². The van der Waals surface area contributed by atoms with Crippen LogP contribution in [0.5, 0.6) is 0 Å². The zero-order valence-corrected chi connectivity index (χ0v) is 50.1. The molecule has 2 aromatic heterocycles. The second-order valence-electron chi connectivity index (χ2n) is 20.8. The van der Waals surface area contributed by atoms with Gasteiger partial charge in [0.05, 0.1) is 28.1 Å². The zero-order valence-electron chi connectivity index (χ0n) is 45.8. The Balaban J connectivity index is 0.816. The van der Waals surface area contributed by atoms with E-state index in [-0.39, 0.29) is 52.2 Å². The third-order valence-electron chi connectivity index (χ3n) is 14.3. The number of carbonyl (C=O) groups excluding carboxylic acids is 1. The van der Waals surface area contributed by atoms with Crippen LogP contribution in [0.3, 0.4) is 0 Å². The lowest BCUT2D eigenvalue weighted by atomic mass is 9.81. The highest BCUT2D eigenvalue weighted by atomic mass is 32.2. The Morgan fingerprint density at radius 1 is 0.867 bits per heavy atom. The van der Waals surface area contributed by atoms with Crippen molar-refractivity contribution in [3.63, 3.8) is 0 Å². The summed E-state index contributed by atoms with van der Waals surface area (Å²) >= 11 is 0. The number of amides is 1. The van der Waals surface area contributed by atoms with Crippen molar-refractivity contribution in [2.45, 2.75) is 131 Å². The first-order chi connectivity index (χ1) is 38.7. The molecule has 456 valence electrons. The molecule has 0 saturated carbocycles. The fraction of sp³-hybridized carbons (Fsp3) is 0.490. The number of ether oxygens (including phenoxy) is 1. The van der Waals surface area contributed by atoms with Crippen LogP contribution < -0.4 is 26.6 Å². The molecule has 3 aliphatic rings. The Hall–Kier alpha value is -5.14. The monoisotopic (exact) mass is 1260 g/mol. The summed E-state index contributed by atoms with van der Waals surface area (Å²) in [6.07, 6.45) is 7.95. The number of rotatable bonds is 28. The minimum Gasteiger partial charge on any atom is -0.744 e. The van der Waals surface area contributed by atoms with E-state index in [1.165, 1.54) is 24.3 Å². The Kier molecular flexibility index (Phi) is 20.4. The first-order valence-electron chi connectivity index (χ1n) is 26.2. The number of aliphatic hydroxyl groups is 2. The fourth-order valence-electron chi connectivity index (χ4n) is 10.2. The van der Waals surface area contributed by atoms with Crippen LogP contribution in [-0.2, 0) is 67.4 Å². The number of anilines is 2. The fourth-order valence-corrected chi connectivity index (χ4v) is 14.9. The maximum atomic E-state index is 12.7. The minimum absolute atomic E-state index is 0.130. The van der Waals surface area contributed by atoms with Gasteiger partial charge in [0.1, 0.15) is 45.1 Å². The number of imidazole rings is 1. The van der Waals surface area contributed by atoms with Gasteiger partial charge in [-0.25, -0.2) is 40.6 Å². The molecule has 83 heavy (non-hydrogen) atoms. The van der Waals surface area contributed by atoms with E-state index in [4.69, 9.17) is 10.5 Å². The summed E-state index contributed by atoms with van der Waals surface area (Å²) < 4.78 is 131. The summed E-state index contributed by atoms with van der Waals surface area (Å²) in [5.41, 5.74) is 7.91. The molecule has 4 aromatic rings. The molecule has 0 radical (unpaired) electrons. The average Bonchev–Trinajstić information content (AvgIpc) is 2.03. The Morgan fingerprint density at radius 3 is 2.19 bits per heavy atom. The number of aromatic amines is 1. The van der Waals surface area contributed by atoms with Crippen LogP contribution in [0.25, 0.3) is 11.2 Å². The van der Waals surface area contributed by atoms with Crippen molar-refractivity contribution < 1.29 is 91.8 Å². The molecule has 34 heteroatoms. The number of hydrogen-bond donors (Lipinski definition) is 9. The summed E-state index contributed by atoms with van der Waals surface area (Å²) in [5.74, 6) is -0.458. The average molecular weight is 1260 g/mol. The molecular formula is C49H67N9O20P3S2-. The van der Waals surface area contributed by atoms with Crippen LogP contribution in [0.2, 0.25) is 0 Å². The molecule has 7 unspecified atom stereocenters. The van der Waals surface area contributed by atoms with Crippen LogP contribution in [0.15, 0.2) is 93.4 Å². The van der Waals surface area contributed by atoms with E-state index in [1.54, 1.807) is 12.1 Å². The minimum atomic E-state index is -5.78. The van der Waals surface area contributed by atoms with Gasteiger partial charge < -0.3 is 54.7 Å². The maximum absolute atomic E-state index is 12.7. The SMILES string of the molecule is CCN1/C(=C/C=C/C=C/C2=[N+](CCCCCC(=O)NCCCCCCNP(=O)(O)OP(=O)(O)OP(=O)(O)OCC3OC(n4cnc5c(=O)[nH]c(N)nc54)C(O)C3O)c3ccc(S(=O)(=O)[O-])cc3C2(C)C)C(C)(C)c2cc(S(=O)(=O)[O-])ccc21. The number of fused-ring (bicyclic) bond motifs is 3. The van der Waals surface area contributed by atoms with Gasteiger partial charge in [0, 0.05) is 67.0 Å². The molecular weight excluding hydrogens is 1190 g/mol. The number of nitrogen functional groups attached to an aromatic ring is 1. The van der Waals surface area contributed by atoms with Gasteiger partial charge in [-0.15, -0.1) is 0 Å². The van der Waals surface area contributed by atoms with Crippen molar-refractivity contribution in [2.75, 3.05) is 43.4 Å². The second-order valence-corrected chi connectivity index (χ2v) is 28.4. The number of aliphatic hydroxyl groups excluding tert-OH is 2. The zero-order chi connectivity index (χ0) is 61.1. The highest BCUT2D eigenvalue weighted by Gasteiger charge is 2.48. The number of aromatic nitrogens is 4. The molecule has 29 nitrogen and oxygen atoms in total. The standard InChI is InChI=1S/C49H68N9O20P3S2/c1-6-56-35-22-20-31(82(69,70)71)27-33(35)48(2,3)38(56)17-11-9-12-18-39-49(4,5)34-28-32(83(72,73)74)21-23-36(34)57(39)26-16-10-13-19-40(59)51-24-14-7-8-15-25-53-79(63,64)77-81(67,68)78-80(65,66)75-29-37-42(60)43(61)46(76-37)58-30-52-41-44(58)54-47(50)55-45(41)62/h9,11-12,17-18,20-23,27-28,30,37,42-43,46,60-61H,6-8,10,13-16,19,24-26,29H2,1-5H3,(H9-,50,51,53,54,55,59,62,63,64,65,66,67,68,69,70,71,72,73,74)/p-1. The predicted molar refractivity (Wildman–Crippen MR) is 298 cm³/mol. The van der Waals surface area contributed by atoms with Crippen molar-refractivity contribution in [1.82, 2.24) is 29.9 Å². The maximum Gasteiger partial charge on any atom is 0.489 e. The van der Waals surface area contributed by atoms with Gasteiger partial charge in [-0.2, -0.15) is 18.2 Å². The molecule has 7 atom stereocenters. The van der Waals surface area contributed by atoms with E-state index >= 15 is 0 Å². The highest BCUT2D eigenvalue weighted by molar-refractivity contribution is 7.86. The molecule has 0 aliphatic carbocycles. The molecule has 7 rings (SSSR count). The number of unbranched alkanes of at least 4 members (excludes halogenated alkanes) is 5. The molecule has 2 aromatic carbocycles. The number of H-pyrrole nitrogens is 1. The van der Waals surface area contributed by atoms with Crippen molar-refractivity contribution in [3.05, 3.63) is 100 Å². The predicted octanol–water partition coefficient (Wildman–Crippen LogP) is 4.20. The molecule has 0 spiro atoms. The summed E-state index contributed by atoms with van der Waals surface area (Å²) in [6.45, 7) is 9.98. The second kappa shape index (κ2) is 25.8. The van der Waals surface area contributed by atoms with Gasteiger partial charge in [-0.3, -0.25) is 23.7 Å². The molecule has 1 fully saturated rings. The normalized spacial score (nSPS) is 22.4. The van der Waals surface area contributed by atoms with Gasteiger partial charge in [0.25, 0.3) is 5.56 Å². The van der Waals surface area contributed by atoms with Crippen molar-refractivity contribution >= 4 is 83.7 Å². The number of nitrogens with zero attached hydrogens (tertiary/aromatic N) is 5. The van der Waals surface area contributed by atoms with Gasteiger partial charge in [0.2, 0.25) is 17.5 Å². The van der Waals surface area contributed by atoms with Gasteiger partial charge >= 0.3 is 23.4 Å². The van der Waals surface area contributed by atoms with Crippen molar-refractivity contribution in [2.24, 2.45) is 0 Å². The van der Waals surface area contributed by atoms with E-state index in [0.29, 0.717) is 69.3 Å². The number of hydrogen-bond acceptors (Lipinski definition) is 21. The third kappa shape index (κ3) is 15.7. The van der Waals surface area contributed by atoms with Gasteiger partial charge in [-0.05, 0) is 88.4 Å². The van der Waals surface area contributed by atoms with E-state index in [1.807, 2.05) is 70.1 Å². The molecule has 1 amide bonds. The van der Waals surface area contributed by atoms with Crippen LogP contribution in [-0.4, -0.2) is 138 Å². The molecule has 3 aliphatic heterocycles. The number of carbonyl (C=O) groups is 1. The Morgan fingerprint density at radius 2 is 1.52 bits per heavy atom. The lowest BCUT2D eigenvalue weighted by molar-refractivity contribution is -0.438. The van der Waals surface area contributed by atoms with E-state index in [9.17, 15) is 74.1 Å². The number of phosphoric acid groups is 2. The summed E-state index contributed by atoms with van der Waals surface area (Å²) in [5, 5.41) is 26.0. The van der Waals surface area contributed by atoms with Crippen LogP contribution in [0.4, 0.5) is 17.3 Å². The Bertz CT molecular complexity index is 3680. The number of likely N-dealkylation sites (N-methyl/N-ethyl adjacent to an activating group) is 1. The first-order valence-corrected chi connectivity index (χ1v) is 33.6. The van der Waals surface area contributed by atoms with Crippen LogP contribution >= 0.6 is 23.4 Å². The van der Waals surface area contributed by atoms with Crippen LogP contribution in [0.1, 0.15) is 103 Å². The van der Waals surface area contributed by atoms with Gasteiger partial charge in [-0.1, -0.05) is 44.9 Å². The quantitative estimate of drug-likeness (QED) is 0.0126. The molecule has 0 bridgehead atoms. The first kappa shape index (κ1) is 65.4. The Labute approximate surface area is 478 Å². The number of allylic oxidation sites excluding steroid dienone is 6. The summed E-state index contributed by atoms with van der Waals surface area (Å²) in [6, 6.07) is 8.73. The highest BCUT2D eigenvalue weighted by Crippen LogP contribution is 2.66. The third-order valence-corrected chi connectivity index (χ3v) is 20.4. The molecule has 10 N–H and O–H groups in total. The summed E-state index contributed by atoms with van der Waals surface area (Å²) in [7, 11) is -25.9. The number of benzene rings is 2. The number of nitrogens with one attached hydrogen (secondary N) is 3. The molecule has 5 heterocycles. The number of phosphoric ester groups is 1. The van der Waals surface area contributed by atoms with Gasteiger partial charge in [0.15, 0.2) is 23.1 Å². The lowest BCUT2D eigenvalue weighted by Crippen LogP contribution is -2.33. The number of nitrogens with two attached hydrogens (primary N) is 1. The topological polar surface area (TPSA) is 441 Å². The smallest absolute Gasteiger partial charge is 0.489 e. The van der Waals surface area contributed by atoms with E-state index < -0.39 is 91.2 Å². The summed E-state index contributed by atoms with van der Waals surface area (Å²) in [4.78, 5) is 66.6. The van der Waals surface area contributed by atoms with Crippen LogP contribution in [0, 0.1) is 0 Å². The van der Waals surface area contributed by atoms with E-state index in [0.717, 1.165) is 33.7 Å². The lowest BCUT2D eigenvalue weighted by Gasteiger charge is -2.25. The van der Waals surface area contributed by atoms with E-state index in [2.05, 4.69) is 42.9 Å². The largest absolute Gasteiger partial charge is 0.744 e.